The van der Waals surface area contributed by atoms with Crippen LogP contribution in [0.5, 0.6) is 0 Å². The van der Waals surface area contributed by atoms with Crippen molar-refractivity contribution in [1.82, 2.24) is 5.32 Å². The van der Waals surface area contributed by atoms with Crippen molar-refractivity contribution in [2.45, 2.75) is 58.9 Å². The van der Waals surface area contributed by atoms with Gasteiger partial charge in [0.2, 0.25) is 0 Å². The monoisotopic (exact) mass is 259 g/mol. The molecule has 0 amide bonds. The molecular weight excluding hydrogens is 230 g/mol. The summed E-state index contributed by atoms with van der Waals surface area (Å²) in [5.74, 6) is 1.64. The largest absolute Gasteiger partial charge is 0.314 e. The van der Waals surface area contributed by atoms with E-state index >= 15 is 0 Å². The molecule has 1 aliphatic carbocycles. The van der Waals surface area contributed by atoms with Crippen molar-refractivity contribution in [1.29, 1.82) is 0 Å². The SMILES string of the molecule is CCC(CC)C(CNC1CC1)Cc1cccc(C)c1. The molecule has 1 heteroatoms. The fourth-order valence-corrected chi connectivity index (χ4v) is 3.11. The Morgan fingerprint density at radius 1 is 1.16 bits per heavy atom. The highest BCUT2D eigenvalue weighted by Gasteiger charge is 2.24. The van der Waals surface area contributed by atoms with Crippen molar-refractivity contribution in [3.8, 4) is 0 Å². The van der Waals surface area contributed by atoms with E-state index in [4.69, 9.17) is 0 Å². The molecule has 0 bridgehead atoms. The normalized spacial score (nSPS) is 16.8. The third-order valence-corrected chi connectivity index (χ3v) is 4.54. The summed E-state index contributed by atoms with van der Waals surface area (Å²) in [4.78, 5) is 0. The van der Waals surface area contributed by atoms with E-state index in [-0.39, 0.29) is 0 Å². The lowest BCUT2D eigenvalue weighted by molar-refractivity contribution is 0.297. The molecule has 0 aliphatic heterocycles. The first-order valence-electron chi connectivity index (χ1n) is 8.01. The Hall–Kier alpha value is -0.820. The molecule has 0 aromatic heterocycles. The molecule has 1 aliphatic rings. The van der Waals surface area contributed by atoms with E-state index in [0.29, 0.717) is 0 Å². The number of benzene rings is 1. The van der Waals surface area contributed by atoms with Crippen LogP contribution < -0.4 is 5.32 Å². The van der Waals surface area contributed by atoms with Crippen LogP contribution in [-0.4, -0.2) is 12.6 Å². The van der Waals surface area contributed by atoms with Crippen LogP contribution in [0.3, 0.4) is 0 Å². The van der Waals surface area contributed by atoms with Crippen LogP contribution in [0.25, 0.3) is 0 Å². The van der Waals surface area contributed by atoms with Crippen LogP contribution in [0.1, 0.15) is 50.7 Å². The van der Waals surface area contributed by atoms with Crippen LogP contribution >= 0.6 is 0 Å². The highest BCUT2D eigenvalue weighted by atomic mass is 14.9. The highest BCUT2D eigenvalue weighted by molar-refractivity contribution is 5.22. The quantitative estimate of drug-likeness (QED) is 0.732. The summed E-state index contributed by atoms with van der Waals surface area (Å²) in [6.07, 6.45) is 6.62. The minimum absolute atomic E-state index is 0.789. The molecule has 1 atom stereocenters. The van der Waals surface area contributed by atoms with E-state index in [1.165, 1.54) is 49.8 Å². The number of aryl methyl sites for hydroxylation is 1. The first-order valence-corrected chi connectivity index (χ1v) is 8.01. The van der Waals surface area contributed by atoms with Crippen LogP contribution in [0, 0.1) is 18.8 Å². The van der Waals surface area contributed by atoms with Crippen LogP contribution in [0.2, 0.25) is 0 Å². The van der Waals surface area contributed by atoms with E-state index in [0.717, 1.165) is 17.9 Å². The smallest absolute Gasteiger partial charge is 0.00683 e. The lowest BCUT2D eigenvalue weighted by Crippen LogP contribution is -2.31. The van der Waals surface area contributed by atoms with Gasteiger partial charge in [0.25, 0.3) is 0 Å². The molecule has 0 saturated heterocycles. The summed E-state index contributed by atoms with van der Waals surface area (Å²) in [6.45, 7) is 8.08. The van der Waals surface area contributed by atoms with Crippen molar-refractivity contribution < 1.29 is 0 Å². The van der Waals surface area contributed by atoms with Crippen molar-refractivity contribution in [3.05, 3.63) is 35.4 Å². The fourth-order valence-electron chi connectivity index (χ4n) is 3.11. The summed E-state index contributed by atoms with van der Waals surface area (Å²) in [7, 11) is 0. The molecule has 1 fully saturated rings. The molecule has 0 radical (unpaired) electrons. The lowest BCUT2D eigenvalue weighted by Gasteiger charge is -2.26. The third kappa shape index (κ3) is 4.65. The Balaban J connectivity index is 1.98. The summed E-state index contributed by atoms with van der Waals surface area (Å²) >= 11 is 0. The number of hydrogen-bond acceptors (Lipinski definition) is 1. The lowest BCUT2D eigenvalue weighted by atomic mass is 9.83. The molecule has 0 spiro atoms. The maximum absolute atomic E-state index is 3.74. The van der Waals surface area contributed by atoms with E-state index in [2.05, 4.69) is 50.4 Å². The second kappa shape index (κ2) is 7.09. The molecule has 1 nitrogen and oxygen atoms in total. The Labute approximate surface area is 118 Å². The summed E-state index contributed by atoms with van der Waals surface area (Å²) < 4.78 is 0. The Kier molecular flexibility index (Phi) is 5.45. The van der Waals surface area contributed by atoms with Gasteiger partial charge < -0.3 is 5.32 Å². The molecule has 2 rings (SSSR count). The molecular formula is C18H29N. The van der Waals surface area contributed by atoms with Gasteiger partial charge in [-0.2, -0.15) is 0 Å². The molecule has 1 saturated carbocycles. The van der Waals surface area contributed by atoms with Gasteiger partial charge in [0.05, 0.1) is 0 Å². The second-order valence-electron chi connectivity index (χ2n) is 6.21. The summed E-state index contributed by atoms with van der Waals surface area (Å²) in [5.41, 5.74) is 2.89. The fraction of sp³-hybridized carbons (Fsp3) is 0.667. The molecule has 106 valence electrons. The predicted molar refractivity (Wildman–Crippen MR) is 83.5 cm³/mol. The second-order valence-corrected chi connectivity index (χ2v) is 6.21. The Morgan fingerprint density at radius 2 is 1.89 bits per heavy atom. The van der Waals surface area contributed by atoms with Gasteiger partial charge in [-0.05, 0) is 50.1 Å². The third-order valence-electron chi connectivity index (χ3n) is 4.54. The molecule has 1 unspecified atom stereocenters. The van der Waals surface area contributed by atoms with Gasteiger partial charge in [-0.15, -0.1) is 0 Å². The van der Waals surface area contributed by atoms with E-state index in [1.807, 2.05) is 0 Å². The van der Waals surface area contributed by atoms with Crippen molar-refractivity contribution >= 4 is 0 Å². The first kappa shape index (κ1) is 14.6. The van der Waals surface area contributed by atoms with Gasteiger partial charge in [0, 0.05) is 6.04 Å². The Bertz CT molecular complexity index is 377. The van der Waals surface area contributed by atoms with Crippen LogP contribution in [0.15, 0.2) is 24.3 Å². The zero-order valence-corrected chi connectivity index (χ0v) is 12.8. The zero-order chi connectivity index (χ0) is 13.7. The highest BCUT2D eigenvalue weighted by Crippen LogP contribution is 2.26. The topological polar surface area (TPSA) is 12.0 Å². The van der Waals surface area contributed by atoms with E-state index in [1.54, 1.807) is 0 Å². The van der Waals surface area contributed by atoms with Gasteiger partial charge in [0.15, 0.2) is 0 Å². The molecule has 1 aromatic carbocycles. The zero-order valence-electron chi connectivity index (χ0n) is 12.8. The van der Waals surface area contributed by atoms with Crippen molar-refractivity contribution in [2.75, 3.05) is 6.54 Å². The predicted octanol–water partition coefficient (Wildman–Crippen LogP) is 4.34. The van der Waals surface area contributed by atoms with Gasteiger partial charge in [-0.1, -0.05) is 56.5 Å². The van der Waals surface area contributed by atoms with Gasteiger partial charge >= 0.3 is 0 Å². The molecule has 19 heavy (non-hydrogen) atoms. The molecule has 1 aromatic rings. The summed E-state index contributed by atoms with van der Waals surface area (Å²) in [6, 6.07) is 9.86. The number of hydrogen-bond donors (Lipinski definition) is 1. The first-order chi connectivity index (χ1) is 9.22. The maximum Gasteiger partial charge on any atom is 0.00683 e. The molecule has 0 heterocycles. The number of nitrogens with one attached hydrogen (secondary N) is 1. The van der Waals surface area contributed by atoms with Crippen LogP contribution in [-0.2, 0) is 6.42 Å². The maximum atomic E-state index is 3.74. The van der Waals surface area contributed by atoms with Gasteiger partial charge in [-0.25, -0.2) is 0 Å². The standard InChI is InChI=1S/C18H29N/c1-4-16(5-2)17(13-19-18-9-10-18)12-15-8-6-7-14(3)11-15/h6-8,11,16-19H,4-5,9-10,12-13H2,1-3H3. The summed E-state index contributed by atoms with van der Waals surface area (Å²) in [5, 5.41) is 3.74. The van der Waals surface area contributed by atoms with Crippen LogP contribution in [0.4, 0.5) is 0 Å². The number of rotatable bonds is 8. The van der Waals surface area contributed by atoms with Gasteiger partial charge in [0.1, 0.15) is 0 Å². The van der Waals surface area contributed by atoms with Crippen molar-refractivity contribution in [2.24, 2.45) is 11.8 Å². The van der Waals surface area contributed by atoms with Gasteiger partial charge in [-0.3, -0.25) is 0 Å². The average molecular weight is 259 g/mol. The molecule has 1 N–H and O–H groups in total. The van der Waals surface area contributed by atoms with E-state index in [9.17, 15) is 0 Å². The Morgan fingerprint density at radius 3 is 2.47 bits per heavy atom. The minimum atomic E-state index is 0.789. The van der Waals surface area contributed by atoms with E-state index < -0.39 is 0 Å². The minimum Gasteiger partial charge on any atom is -0.314 e. The van der Waals surface area contributed by atoms with Crippen molar-refractivity contribution in [3.63, 3.8) is 0 Å². The average Bonchev–Trinajstić information content (AvgIpc) is 3.21.